The van der Waals surface area contributed by atoms with Crippen LogP contribution in [0, 0.1) is 0 Å². The maximum absolute atomic E-state index is 12.7. The SMILES string of the molecule is O=C(CC(=O)N1CCN(c2ccc(Cl)c(Cl)c2)CC1)N1CCN(c2ccc(Cl)c(Cl)c2)CC1. The minimum absolute atomic E-state index is 0.0977. The average molecular weight is 530 g/mol. The largest absolute Gasteiger partial charge is 0.368 e. The van der Waals surface area contributed by atoms with Crippen molar-refractivity contribution in [3.05, 3.63) is 56.5 Å². The second-order valence-electron chi connectivity index (χ2n) is 8.11. The molecule has 4 rings (SSSR count). The summed E-state index contributed by atoms with van der Waals surface area (Å²) in [4.78, 5) is 33.3. The van der Waals surface area contributed by atoms with Gasteiger partial charge in [0.25, 0.3) is 0 Å². The first-order chi connectivity index (χ1) is 15.8. The Morgan fingerprint density at radius 2 is 0.939 bits per heavy atom. The van der Waals surface area contributed by atoms with Crippen molar-refractivity contribution in [2.24, 2.45) is 0 Å². The quantitative estimate of drug-likeness (QED) is 0.539. The van der Waals surface area contributed by atoms with Crippen LogP contribution >= 0.6 is 46.4 Å². The lowest BCUT2D eigenvalue weighted by Gasteiger charge is -2.38. The molecule has 2 heterocycles. The van der Waals surface area contributed by atoms with Crippen molar-refractivity contribution in [1.82, 2.24) is 9.80 Å². The summed E-state index contributed by atoms with van der Waals surface area (Å²) in [5, 5.41) is 2.06. The first kappa shape index (κ1) is 24.3. The summed E-state index contributed by atoms with van der Waals surface area (Å²) in [6.45, 7) is 4.99. The number of hydrogen-bond acceptors (Lipinski definition) is 4. The highest BCUT2D eigenvalue weighted by Gasteiger charge is 2.27. The number of hydrogen-bond donors (Lipinski definition) is 0. The fourth-order valence-corrected chi connectivity index (χ4v) is 4.73. The van der Waals surface area contributed by atoms with Crippen molar-refractivity contribution in [2.75, 3.05) is 62.2 Å². The number of piperazine rings is 2. The molecule has 33 heavy (non-hydrogen) atoms. The number of anilines is 2. The molecule has 0 atom stereocenters. The summed E-state index contributed by atoms with van der Waals surface area (Å²) >= 11 is 24.2. The molecule has 0 aliphatic carbocycles. The lowest BCUT2D eigenvalue weighted by Crippen LogP contribution is -2.52. The molecule has 176 valence electrons. The van der Waals surface area contributed by atoms with Crippen LogP contribution in [-0.4, -0.2) is 74.0 Å². The van der Waals surface area contributed by atoms with Crippen LogP contribution in [-0.2, 0) is 9.59 Å². The van der Waals surface area contributed by atoms with Gasteiger partial charge in [-0.15, -0.1) is 0 Å². The Kier molecular flexibility index (Phi) is 7.80. The number of carbonyl (C=O) groups is 2. The van der Waals surface area contributed by atoms with Crippen LogP contribution in [0.25, 0.3) is 0 Å². The van der Waals surface area contributed by atoms with Gasteiger partial charge in [0.15, 0.2) is 0 Å². The van der Waals surface area contributed by atoms with Crippen LogP contribution in [0.3, 0.4) is 0 Å². The Hall–Kier alpha value is -1.86. The number of nitrogens with zero attached hydrogens (tertiary/aromatic N) is 4. The molecule has 2 aromatic rings. The molecular weight excluding hydrogens is 506 g/mol. The number of rotatable bonds is 4. The van der Waals surface area contributed by atoms with Gasteiger partial charge in [-0.25, -0.2) is 0 Å². The van der Waals surface area contributed by atoms with E-state index in [1.54, 1.807) is 21.9 Å². The van der Waals surface area contributed by atoms with Crippen LogP contribution < -0.4 is 9.80 Å². The van der Waals surface area contributed by atoms with E-state index in [0.717, 1.165) is 11.4 Å². The topological polar surface area (TPSA) is 47.1 Å². The molecule has 2 aliphatic rings. The smallest absolute Gasteiger partial charge is 0.232 e. The van der Waals surface area contributed by atoms with Gasteiger partial charge in [0.2, 0.25) is 11.8 Å². The summed E-state index contributed by atoms with van der Waals surface area (Å²) in [5.41, 5.74) is 1.96. The van der Waals surface area contributed by atoms with Gasteiger partial charge in [-0.1, -0.05) is 46.4 Å². The van der Waals surface area contributed by atoms with Gasteiger partial charge in [-0.3, -0.25) is 9.59 Å². The molecule has 2 aliphatic heterocycles. The molecule has 0 aromatic heterocycles. The van der Waals surface area contributed by atoms with Gasteiger partial charge in [0, 0.05) is 63.7 Å². The molecule has 0 saturated carbocycles. The molecule has 0 N–H and O–H groups in total. The van der Waals surface area contributed by atoms with E-state index in [-0.39, 0.29) is 18.2 Å². The third-order valence-electron chi connectivity index (χ3n) is 6.10. The van der Waals surface area contributed by atoms with E-state index < -0.39 is 0 Å². The van der Waals surface area contributed by atoms with Crippen molar-refractivity contribution in [3.8, 4) is 0 Å². The van der Waals surface area contributed by atoms with Crippen LogP contribution in [0.1, 0.15) is 6.42 Å². The minimum Gasteiger partial charge on any atom is -0.368 e. The summed E-state index contributed by atoms with van der Waals surface area (Å²) in [6.07, 6.45) is -0.0977. The Morgan fingerprint density at radius 1 is 0.576 bits per heavy atom. The van der Waals surface area contributed by atoms with E-state index in [0.29, 0.717) is 72.4 Å². The highest BCUT2D eigenvalue weighted by atomic mass is 35.5. The third kappa shape index (κ3) is 5.80. The number of halogens is 4. The molecule has 0 bridgehead atoms. The Balaban J connectivity index is 1.24. The van der Waals surface area contributed by atoms with Crippen LogP contribution in [0.4, 0.5) is 11.4 Å². The lowest BCUT2D eigenvalue weighted by molar-refractivity contribution is -0.141. The molecule has 0 spiro atoms. The van der Waals surface area contributed by atoms with Gasteiger partial charge >= 0.3 is 0 Å². The first-order valence-corrected chi connectivity index (χ1v) is 12.3. The average Bonchev–Trinajstić information content (AvgIpc) is 2.83. The van der Waals surface area contributed by atoms with E-state index in [9.17, 15) is 9.59 Å². The molecule has 2 aromatic carbocycles. The van der Waals surface area contributed by atoms with E-state index in [1.165, 1.54) is 0 Å². The molecular formula is C23H24Cl4N4O2. The van der Waals surface area contributed by atoms with E-state index in [4.69, 9.17) is 46.4 Å². The Morgan fingerprint density at radius 3 is 1.27 bits per heavy atom. The molecule has 0 radical (unpaired) electrons. The van der Waals surface area contributed by atoms with Crippen molar-refractivity contribution in [2.45, 2.75) is 6.42 Å². The summed E-state index contributed by atoms with van der Waals surface area (Å²) in [7, 11) is 0. The van der Waals surface area contributed by atoms with Crippen LogP contribution in [0.15, 0.2) is 36.4 Å². The zero-order valence-corrected chi connectivity index (χ0v) is 21.0. The summed E-state index contributed by atoms with van der Waals surface area (Å²) in [6, 6.07) is 11.1. The lowest BCUT2D eigenvalue weighted by atomic mass is 10.2. The number of benzene rings is 2. The van der Waals surface area contributed by atoms with Crippen molar-refractivity contribution < 1.29 is 9.59 Å². The molecule has 10 heteroatoms. The molecule has 2 saturated heterocycles. The van der Waals surface area contributed by atoms with E-state index in [2.05, 4.69) is 9.80 Å². The maximum atomic E-state index is 12.7. The third-order valence-corrected chi connectivity index (χ3v) is 7.58. The predicted molar refractivity (Wildman–Crippen MR) is 135 cm³/mol. The maximum Gasteiger partial charge on any atom is 0.232 e. The summed E-state index contributed by atoms with van der Waals surface area (Å²) < 4.78 is 0. The molecule has 2 fully saturated rings. The zero-order valence-electron chi connectivity index (χ0n) is 17.9. The minimum atomic E-state index is -0.124. The fourth-order valence-electron chi connectivity index (χ4n) is 4.14. The van der Waals surface area contributed by atoms with Gasteiger partial charge in [0.1, 0.15) is 6.42 Å². The monoisotopic (exact) mass is 528 g/mol. The van der Waals surface area contributed by atoms with Gasteiger partial charge < -0.3 is 19.6 Å². The van der Waals surface area contributed by atoms with E-state index >= 15 is 0 Å². The Bertz CT molecular complexity index is 954. The standard InChI is InChI=1S/C23H24Cl4N4O2/c24-18-3-1-16(13-20(18)26)28-5-9-30(10-6-28)22(32)15-23(33)31-11-7-29(8-12-31)17-2-4-19(25)21(27)14-17/h1-4,13-14H,5-12,15H2. The second kappa shape index (κ2) is 10.6. The number of carbonyl (C=O) groups excluding carboxylic acids is 2. The van der Waals surface area contributed by atoms with E-state index in [1.807, 2.05) is 24.3 Å². The predicted octanol–water partition coefficient (Wildman–Crippen LogP) is 4.69. The van der Waals surface area contributed by atoms with Gasteiger partial charge in [-0.2, -0.15) is 0 Å². The van der Waals surface area contributed by atoms with Crippen LogP contribution in [0.2, 0.25) is 20.1 Å². The summed E-state index contributed by atoms with van der Waals surface area (Å²) in [5.74, 6) is -0.249. The fraction of sp³-hybridized carbons (Fsp3) is 0.391. The van der Waals surface area contributed by atoms with Crippen molar-refractivity contribution in [1.29, 1.82) is 0 Å². The molecule has 6 nitrogen and oxygen atoms in total. The normalized spacial score (nSPS) is 16.8. The first-order valence-electron chi connectivity index (χ1n) is 10.8. The molecule has 0 unspecified atom stereocenters. The Labute approximate surface area is 213 Å². The van der Waals surface area contributed by atoms with Gasteiger partial charge in [0.05, 0.1) is 20.1 Å². The highest BCUT2D eigenvalue weighted by Crippen LogP contribution is 2.29. The number of amides is 2. The molecule has 2 amide bonds. The second-order valence-corrected chi connectivity index (χ2v) is 9.74. The highest BCUT2D eigenvalue weighted by molar-refractivity contribution is 6.42. The van der Waals surface area contributed by atoms with Crippen molar-refractivity contribution >= 4 is 69.6 Å². The van der Waals surface area contributed by atoms with Crippen molar-refractivity contribution in [3.63, 3.8) is 0 Å². The van der Waals surface area contributed by atoms with Gasteiger partial charge in [-0.05, 0) is 36.4 Å². The van der Waals surface area contributed by atoms with Crippen LogP contribution in [0.5, 0.6) is 0 Å². The zero-order chi connectivity index (χ0) is 23.5.